The van der Waals surface area contributed by atoms with Gasteiger partial charge in [0.05, 0.1) is 32.0 Å². The van der Waals surface area contributed by atoms with E-state index in [9.17, 15) is 4.39 Å². The van der Waals surface area contributed by atoms with Gasteiger partial charge in [0.1, 0.15) is 12.1 Å². The summed E-state index contributed by atoms with van der Waals surface area (Å²) in [7, 11) is 3.02. The molecule has 0 amide bonds. The molecule has 2 rings (SSSR count). The predicted molar refractivity (Wildman–Crippen MR) is 68.9 cm³/mol. The standard InChI is InChI=1S/C13H14FN3O2/c1-18-12-9(13(19-2)17-8-16-12)7-15-11-6-4-3-5-10(11)14/h3-6,8,15H,7H2,1-2H3. The first-order chi connectivity index (χ1) is 9.26. The minimum Gasteiger partial charge on any atom is -0.481 e. The first-order valence-electron chi connectivity index (χ1n) is 5.66. The molecular weight excluding hydrogens is 249 g/mol. The first kappa shape index (κ1) is 13.1. The third-order valence-corrected chi connectivity index (χ3v) is 2.58. The highest BCUT2D eigenvalue weighted by molar-refractivity contribution is 5.46. The highest BCUT2D eigenvalue weighted by atomic mass is 19.1. The Kier molecular flexibility index (Phi) is 4.12. The smallest absolute Gasteiger partial charge is 0.225 e. The van der Waals surface area contributed by atoms with Gasteiger partial charge in [-0.25, -0.2) is 14.4 Å². The normalized spacial score (nSPS) is 10.1. The Morgan fingerprint density at radius 1 is 1.11 bits per heavy atom. The molecule has 6 heteroatoms. The molecule has 1 heterocycles. The highest BCUT2D eigenvalue weighted by Crippen LogP contribution is 2.25. The maximum absolute atomic E-state index is 13.5. The van der Waals surface area contributed by atoms with Gasteiger partial charge in [-0.15, -0.1) is 0 Å². The number of hydrogen-bond donors (Lipinski definition) is 1. The SMILES string of the molecule is COc1ncnc(OC)c1CNc1ccccc1F. The summed E-state index contributed by atoms with van der Waals surface area (Å²) in [5.74, 6) is 0.476. The van der Waals surface area contributed by atoms with Crippen molar-refractivity contribution in [3.8, 4) is 11.8 Å². The van der Waals surface area contributed by atoms with Gasteiger partial charge in [-0.05, 0) is 12.1 Å². The fraction of sp³-hybridized carbons (Fsp3) is 0.231. The van der Waals surface area contributed by atoms with Crippen molar-refractivity contribution in [2.45, 2.75) is 6.54 Å². The topological polar surface area (TPSA) is 56.3 Å². The Balaban J connectivity index is 2.21. The summed E-state index contributed by atoms with van der Waals surface area (Å²) in [5.41, 5.74) is 1.03. The van der Waals surface area contributed by atoms with E-state index in [1.165, 1.54) is 26.6 Å². The Labute approximate surface area is 110 Å². The van der Waals surface area contributed by atoms with Crippen LogP contribution in [0, 0.1) is 5.82 Å². The summed E-state index contributed by atoms with van der Waals surface area (Å²) in [6.07, 6.45) is 1.35. The van der Waals surface area contributed by atoms with Gasteiger partial charge in [0.2, 0.25) is 11.8 Å². The molecule has 0 saturated carbocycles. The number of ether oxygens (including phenoxy) is 2. The zero-order valence-corrected chi connectivity index (χ0v) is 10.7. The molecule has 100 valence electrons. The quantitative estimate of drug-likeness (QED) is 0.896. The maximum atomic E-state index is 13.5. The first-order valence-corrected chi connectivity index (χ1v) is 5.66. The molecule has 1 N–H and O–H groups in total. The molecule has 0 aliphatic heterocycles. The van der Waals surface area contributed by atoms with Crippen molar-refractivity contribution in [2.75, 3.05) is 19.5 Å². The van der Waals surface area contributed by atoms with Crippen LogP contribution in [0.2, 0.25) is 0 Å². The van der Waals surface area contributed by atoms with E-state index in [0.29, 0.717) is 29.6 Å². The highest BCUT2D eigenvalue weighted by Gasteiger charge is 2.13. The zero-order chi connectivity index (χ0) is 13.7. The average molecular weight is 263 g/mol. The Morgan fingerprint density at radius 2 is 1.74 bits per heavy atom. The average Bonchev–Trinajstić information content (AvgIpc) is 2.46. The van der Waals surface area contributed by atoms with Crippen LogP contribution in [0.25, 0.3) is 0 Å². The van der Waals surface area contributed by atoms with Crippen molar-refractivity contribution < 1.29 is 13.9 Å². The van der Waals surface area contributed by atoms with Gasteiger partial charge in [0.15, 0.2) is 0 Å². The van der Waals surface area contributed by atoms with Gasteiger partial charge in [0, 0.05) is 0 Å². The third-order valence-electron chi connectivity index (χ3n) is 2.58. The minimum absolute atomic E-state index is 0.300. The Hall–Kier alpha value is -2.37. The Bertz CT molecular complexity index is 541. The summed E-state index contributed by atoms with van der Waals surface area (Å²) in [6, 6.07) is 6.42. The number of aromatic nitrogens is 2. The second-order valence-corrected chi connectivity index (χ2v) is 3.70. The lowest BCUT2D eigenvalue weighted by Gasteiger charge is -2.12. The summed E-state index contributed by atoms with van der Waals surface area (Å²) in [6.45, 7) is 0.300. The number of methoxy groups -OCH3 is 2. The van der Waals surface area contributed by atoms with Gasteiger partial charge >= 0.3 is 0 Å². The van der Waals surface area contributed by atoms with Crippen LogP contribution in [0.5, 0.6) is 11.8 Å². The van der Waals surface area contributed by atoms with E-state index in [4.69, 9.17) is 9.47 Å². The van der Waals surface area contributed by atoms with Crippen LogP contribution in [0.4, 0.5) is 10.1 Å². The van der Waals surface area contributed by atoms with Gasteiger partial charge in [0.25, 0.3) is 0 Å². The summed E-state index contributed by atoms with van der Waals surface area (Å²) >= 11 is 0. The number of anilines is 1. The molecule has 0 atom stereocenters. The molecule has 0 aliphatic rings. The van der Waals surface area contributed by atoms with Crippen LogP contribution in [0.15, 0.2) is 30.6 Å². The molecule has 0 bridgehead atoms. The van der Waals surface area contributed by atoms with E-state index in [1.807, 2.05) is 0 Å². The van der Waals surface area contributed by atoms with E-state index in [0.717, 1.165) is 0 Å². The molecule has 0 fully saturated rings. The fourth-order valence-corrected chi connectivity index (χ4v) is 1.67. The molecule has 0 radical (unpaired) electrons. The van der Waals surface area contributed by atoms with Crippen LogP contribution < -0.4 is 14.8 Å². The lowest BCUT2D eigenvalue weighted by atomic mass is 10.2. The fourth-order valence-electron chi connectivity index (χ4n) is 1.67. The monoisotopic (exact) mass is 263 g/mol. The third kappa shape index (κ3) is 2.90. The molecule has 1 aromatic carbocycles. The van der Waals surface area contributed by atoms with Crippen molar-refractivity contribution in [1.29, 1.82) is 0 Å². The minimum atomic E-state index is -0.322. The molecule has 19 heavy (non-hydrogen) atoms. The van der Waals surface area contributed by atoms with E-state index < -0.39 is 0 Å². The number of nitrogens with one attached hydrogen (secondary N) is 1. The molecule has 0 saturated heterocycles. The van der Waals surface area contributed by atoms with E-state index >= 15 is 0 Å². The van der Waals surface area contributed by atoms with Crippen LogP contribution in [0.3, 0.4) is 0 Å². The zero-order valence-electron chi connectivity index (χ0n) is 10.7. The van der Waals surface area contributed by atoms with Crippen LogP contribution in [-0.2, 0) is 6.54 Å². The number of nitrogens with zero attached hydrogens (tertiary/aromatic N) is 2. The molecule has 1 aromatic heterocycles. The molecule has 0 aliphatic carbocycles. The number of rotatable bonds is 5. The molecule has 5 nitrogen and oxygen atoms in total. The van der Waals surface area contributed by atoms with Crippen LogP contribution in [-0.4, -0.2) is 24.2 Å². The van der Waals surface area contributed by atoms with Crippen molar-refractivity contribution >= 4 is 5.69 Å². The molecule has 2 aromatic rings. The number of benzene rings is 1. The second-order valence-electron chi connectivity index (χ2n) is 3.70. The largest absolute Gasteiger partial charge is 0.481 e. The summed E-state index contributed by atoms with van der Waals surface area (Å²) < 4.78 is 23.8. The van der Waals surface area contributed by atoms with Crippen molar-refractivity contribution in [1.82, 2.24) is 9.97 Å². The molecule has 0 unspecified atom stereocenters. The second kappa shape index (κ2) is 5.99. The lowest BCUT2D eigenvalue weighted by Crippen LogP contribution is -2.07. The van der Waals surface area contributed by atoms with Gasteiger partial charge in [-0.3, -0.25) is 0 Å². The van der Waals surface area contributed by atoms with E-state index in [2.05, 4.69) is 15.3 Å². The molecule has 0 spiro atoms. The van der Waals surface area contributed by atoms with Crippen LogP contribution >= 0.6 is 0 Å². The number of hydrogen-bond acceptors (Lipinski definition) is 5. The van der Waals surface area contributed by atoms with Gasteiger partial charge in [-0.2, -0.15) is 0 Å². The summed E-state index contributed by atoms with van der Waals surface area (Å²) in [4.78, 5) is 7.99. The van der Waals surface area contributed by atoms with Crippen LogP contribution in [0.1, 0.15) is 5.56 Å². The van der Waals surface area contributed by atoms with Crippen molar-refractivity contribution in [3.05, 3.63) is 42.0 Å². The molecular formula is C13H14FN3O2. The lowest BCUT2D eigenvalue weighted by molar-refractivity contribution is 0.363. The van der Waals surface area contributed by atoms with Crippen molar-refractivity contribution in [3.63, 3.8) is 0 Å². The van der Waals surface area contributed by atoms with Gasteiger partial charge < -0.3 is 14.8 Å². The Morgan fingerprint density at radius 3 is 2.32 bits per heavy atom. The number of halogens is 1. The number of para-hydroxylation sites is 1. The van der Waals surface area contributed by atoms with Gasteiger partial charge in [-0.1, -0.05) is 12.1 Å². The van der Waals surface area contributed by atoms with Crippen molar-refractivity contribution in [2.24, 2.45) is 0 Å². The van der Waals surface area contributed by atoms with E-state index in [1.54, 1.807) is 18.2 Å². The maximum Gasteiger partial charge on any atom is 0.225 e. The van der Waals surface area contributed by atoms with E-state index in [-0.39, 0.29) is 5.82 Å². The predicted octanol–water partition coefficient (Wildman–Crippen LogP) is 2.25. The summed E-state index contributed by atoms with van der Waals surface area (Å²) in [5, 5.41) is 2.96.